The molecule has 0 spiro atoms. The second kappa shape index (κ2) is 7.15. The van der Waals surface area contributed by atoms with Gasteiger partial charge in [-0.1, -0.05) is 6.07 Å². The molecule has 0 saturated carbocycles. The Balaban J connectivity index is 1.87. The van der Waals surface area contributed by atoms with Crippen molar-refractivity contribution < 1.29 is 23.0 Å². The van der Waals surface area contributed by atoms with Gasteiger partial charge in [-0.3, -0.25) is 4.79 Å². The summed E-state index contributed by atoms with van der Waals surface area (Å²) in [5.41, 5.74) is -0.533. The number of carbonyl (C=O) groups is 1. The maximum atomic E-state index is 14.4. The van der Waals surface area contributed by atoms with E-state index in [1.54, 1.807) is 0 Å². The highest BCUT2D eigenvalue weighted by molar-refractivity contribution is 5.80. The van der Waals surface area contributed by atoms with Crippen LogP contribution < -0.4 is 5.32 Å². The number of halogens is 2. The normalized spacial score (nSPS) is 26.8. The van der Waals surface area contributed by atoms with Gasteiger partial charge in [0.15, 0.2) is 0 Å². The fourth-order valence-electron chi connectivity index (χ4n) is 3.66. The van der Waals surface area contributed by atoms with Crippen LogP contribution in [0.4, 0.5) is 8.78 Å². The minimum Gasteiger partial charge on any atom is -0.381 e. The maximum absolute atomic E-state index is 14.4. The van der Waals surface area contributed by atoms with Crippen molar-refractivity contribution in [1.82, 2.24) is 5.32 Å². The van der Waals surface area contributed by atoms with Crippen molar-refractivity contribution in [2.75, 3.05) is 19.8 Å². The highest BCUT2D eigenvalue weighted by atomic mass is 19.1. The van der Waals surface area contributed by atoms with Crippen LogP contribution in [-0.4, -0.2) is 31.8 Å². The van der Waals surface area contributed by atoms with Crippen molar-refractivity contribution in [3.05, 3.63) is 35.4 Å². The quantitative estimate of drug-likeness (QED) is 0.921. The first-order valence-corrected chi connectivity index (χ1v) is 8.49. The molecule has 4 nitrogen and oxygen atoms in total. The van der Waals surface area contributed by atoms with E-state index in [2.05, 4.69) is 5.32 Å². The predicted octanol–water partition coefficient (Wildman–Crippen LogP) is 2.90. The van der Waals surface area contributed by atoms with E-state index in [1.807, 2.05) is 6.92 Å². The van der Waals surface area contributed by atoms with Crippen LogP contribution in [0.15, 0.2) is 18.2 Å². The summed E-state index contributed by atoms with van der Waals surface area (Å²) in [6, 6.07) is 3.52. The average molecular weight is 339 g/mol. The Bertz CT molecular complexity index is 602. The molecule has 3 rings (SSSR count). The summed E-state index contributed by atoms with van der Waals surface area (Å²) >= 11 is 0. The Hall–Kier alpha value is -1.53. The van der Waals surface area contributed by atoms with E-state index in [0.29, 0.717) is 38.2 Å². The van der Waals surface area contributed by atoms with Crippen LogP contribution in [-0.2, 0) is 19.8 Å². The van der Waals surface area contributed by atoms with E-state index in [4.69, 9.17) is 9.47 Å². The average Bonchev–Trinajstić information content (AvgIpc) is 2.55. The second-order valence-corrected chi connectivity index (χ2v) is 6.63. The highest BCUT2D eigenvalue weighted by Crippen LogP contribution is 2.35. The zero-order valence-corrected chi connectivity index (χ0v) is 13.8. The van der Waals surface area contributed by atoms with E-state index >= 15 is 0 Å². The van der Waals surface area contributed by atoms with Gasteiger partial charge in [0.1, 0.15) is 11.6 Å². The van der Waals surface area contributed by atoms with Gasteiger partial charge in [-0.25, -0.2) is 8.78 Å². The lowest BCUT2D eigenvalue weighted by Crippen LogP contribution is -2.53. The van der Waals surface area contributed by atoms with Gasteiger partial charge in [0, 0.05) is 31.5 Å². The first kappa shape index (κ1) is 17.3. The summed E-state index contributed by atoms with van der Waals surface area (Å²) in [6.45, 7) is 3.40. The van der Waals surface area contributed by atoms with E-state index in [9.17, 15) is 13.6 Å². The highest BCUT2D eigenvalue weighted by Gasteiger charge is 2.40. The Morgan fingerprint density at radius 2 is 2.00 bits per heavy atom. The van der Waals surface area contributed by atoms with Crippen molar-refractivity contribution in [3.63, 3.8) is 0 Å². The molecule has 2 fully saturated rings. The smallest absolute Gasteiger partial charge is 0.226 e. The lowest BCUT2D eigenvalue weighted by molar-refractivity contribution is -0.136. The first-order valence-electron chi connectivity index (χ1n) is 8.49. The Morgan fingerprint density at radius 1 is 1.25 bits per heavy atom. The van der Waals surface area contributed by atoms with Crippen molar-refractivity contribution in [2.45, 2.75) is 44.2 Å². The second-order valence-electron chi connectivity index (χ2n) is 6.63. The van der Waals surface area contributed by atoms with Gasteiger partial charge in [0.05, 0.1) is 17.6 Å². The summed E-state index contributed by atoms with van der Waals surface area (Å²) in [5, 5.41) is 3.05. The molecule has 2 aliphatic heterocycles. The van der Waals surface area contributed by atoms with Crippen LogP contribution in [0.2, 0.25) is 0 Å². The third kappa shape index (κ3) is 3.44. The molecule has 1 aromatic rings. The molecule has 6 heteroatoms. The summed E-state index contributed by atoms with van der Waals surface area (Å²) in [6.07, 6.45) is 2.36. The largest absolute Gasteiger partial charge is 0.381 e. The molecule has 0 unspecified atom stereocenters. The van der Waals surface area contributed by atoms with Crippen LogP contribution >= 0.6 is 0 Å². The molecule has 2 heterocycles. The van der Waals surface area contributed by atoms with Crippen molar-refractivity contribution in [3.8, 4) is 0 Å². The van der Waals surface area contributed by atoms with E-state index in [0.717, 1.165) is 18.9 Å². The van der Waals surface area contributed by atoms with E-state index < -0.39 is 17.2 Å². The molecule has 1 N–H and O–H groups in total. The molecule has 0 radical (unpaired) electrons. The molecule has 0 aliphatic carbocycles. The molecular formula is C18H23F2NO3. The van der Waals surface area contributed by atoms with Gasteiger partial charge in [0.25, 0.3) is 0 Å². The van der Waals surface area contributed by atoms with Crippen LogP contribution in [0.1, 0.15) is 38.2 Å². The van der Waals surface area contributed by atoms with Crippen LogP contribution in [0.3, 0.4) is 0 Å². The van der Waals surface area contributed by atoms with Gasteiger partial charge in [0.2, 0.25) is 5.91 Å². The number of rotatable bonds is 3. The number of carbonyl (C=O) groups excluding carboxylic acids is 1. The maximum Gasteiger partial charge on any atom is 0.226 e. The third-order valence-electron chi connectivity index (χ3n) is 5.10. The number of ether oxygens (including phenoxy) is 2. The third-order valence-corrected chi connectivity index (χ3v) is 5.10. The monoisotopic (exact) mass is 339 g/mol. The lowest BCUT2D eigenvalue weighted by atomic mass is 9.81. The number of amides is 1. The van der Waals surface area contributed by atoms with Gasteiger partial charge < -0.3 is 14.8 Å². The van der Waals surface area contributed by atoms with Crippen molar-refractivity contribution in [2.24, 2.45) is 5.92 Å². The van der Waals surface area contributed by atoms with Gasteiger partial charge in [-0.05, 0) is 38.7 Å². The van der Waals surface area contributed by atoms with Gasteiger partial charge in [-0.15, -0.1) is 0 Å². The minimum atomic E-state index is -0.857. The zero-order valence-electron chi connectivity index (χ0n) is 13.8. The van der Waals surface area contributed by atoms with E-state index in [1.165, 1.54) is 12.1 Å². The molecular weight excluding hydrogens is 316 g/mol. The summed E-state index contributed by atoms with van der Waals surface area (Å²) < 4.78 is 38.6. The fourth-order valence-corrected chi connectivity index (χ4v) is 3.66. The number of benzene rings is 1. The standard InChI is InChI=1S/C18H23F2NO3/c1-12-14(3-2-8-24-12)17(22)21-18(6-9-23-10-7-18)15-5-4-13(19)11-16(15)20/h4-5,11-12,14H,2-3,6-10H2,1H3,(H,21,22)/t12-,14-/m1/s1. The topological polar surface area (TPSA) is 47.6 Å². The molecule has 2 saturated heterocycles. The molecule has 0 bridgehead atoms. The fraction of sp³-hybridized carbons (Fsp3) is 0.611. The Labute approximate surface area is 140 Å². The zero-order chi connectivity index (χ0) is 17.2. The first-order chi connectivity index (χ1) is 11.5. The van der Waals surface area contributed by atoms with Crippen molar-refractivity contribution in [1.29, 1.82) is 0 Å². The molecule has 2 atom stereocenters. The van der Waals surface area contributed by atoms with Crippen LogP contribution in [0.25, 0.3) is 0 Å². The molecule has 1 aromatic carbocycles. The summed E-state index contributed by atoms with van der Waals surface area (Å²) in [7, 11) is 0. The molecule has 1 amide bonds. The van der Waals surface area contributed by atoms with Crippen molar-refractivity contribution >= 4 is 5.91 Å². The number of hydrogen-bond acceptors (Lipinski definition) is 3. The predicted molar refractivity (Wildman–Crippen MR) is 84.4 cm³/mol. The van der Waals surface area contributed by atoms with Crippen LogP contribution in [0, 0.1) is 17.6 Å². The summed E-state index contributed by atoms with van der Waals surface area (Å²) in [5.74, 6) is -1.64. The summed E-state index contributed by atoms with van der Waals surface area (Å²) in [4.78, 5) is 12.8. The van der Waals surface area contributed by atoms with Gasteiger partial charge in [-0.2, -0.15) is 0 Å². The molecule has 2 aliphatic rings. The molecule has 24 heavy (non-hydrogen) atoms. The Kier molecular flexibility index (Phi) is 5.15. The lowest BCUT2D eigenvalue weighted by Gasteiger charge is -2.40. The molecule has 132 valence electrons. The van der Waals surface area contributed by atoms with Gasteiger partial charge >= 0.3 is 0 Å². The minimum absolute atomic E-state index is 0.132. The number of nitrogens with one attached hydrogen (secondary N) is 1. The number of hydrogen-bond donors (Lipinski definition) is 1. The SMILES string of the molecule is C[C@H]1OCCC[C@H]1C(=O)NC1(c2ccc(F)cc2F)CCOCC1. The Morgan fingerprint density at radius 3 is 2.67 bits per heavy atom. The van der Waals surface area contributed by atoms with Crippen LogP contribution in [0.5, 0.6) is 0 Å². The van der Waals surface area contributed by atoms with E-state index in [-0.39, 0.29) is 17.9 Å². The molecule has 0 aromatic heterocycles.